The summed E-state index contributed by atoms with van der Waals surface area (Å²) in [7, 11) is 0. The van der Waals surface area contributed by atoms with Gasteiger partial charge in [-0.1, -0.05) is 79.7 Å². The van der Waals surface area contributed by atoms with E-state index in [1.807, 2.05) is 104 Å². The summed E-state index contributed by atoms with van der Waals surface area (Å²) in [6.45, 7) is 14.8. The summed E-state index contributed by atoms with van der Waals surface area (Å²) in [5.41, 5.74) is 7.09. The molecule has 0 unspecified atom stereocenters. The maximum absolute atomic E-state index is 12.4. The van der Waals surface area contributed by atoms with Crippen molar-refractivity contribution in [1.29, 1.82) is 0 Å². The minimum Gasteiger partial charge on any atom is -0.369 e. The van der Waals surface area contributed by atoms with E-state index in [0.717, 1.165) is 11.1 Å². The van der Waals surface area contributed by atoms with Crippen LogP contribution in [0.25, 0.3) is 0 Å². The first-order chi connectivity index (χ1) is 15.0. The Morgan fingerprint density at radius 1 is 0.636 bits per heavy atom. The second kappa shape index (κ2) is 9.38. The fourth-order valence-electron chi connectivity index (χ4n) is 3.32. The molecule has 2 aromatic rings. The van der Waals surface area contributed by atoms with Gasteiger partial charge in [-0.3, -0.25) is 14.4 Å². The fraction of sp³-hybridized carbons (Fsp3) is 0.444. The normalized spacial score (nSPS) is 12.4. The van der Waals surface area contributed by atoms with Crippen LogP contribution in [-0.4, -0.2) is 17.7 Å². The average Bonchev–Trinajstić information content (AvgIpc) is 2.69. The van der Waals surface area contributed by atoms with Crippen LogP contribution in [0.4, 0.5) is 11.4 Å². The van der Waals surface area contributed by atoms with Crippen LogP contribution in [0.2, 0.25) is 0 Å². The first-order valence-corrected chi connectivity index (χ1v) is 11.2. The highest BCUT2D eigenvalue weighted by Crippen LogP contribution is 2.41. The standard InChI is InChI=1S/C27H37N3O3/c1-25(2,3)23(32)29-19-13-9-17(10-14-19)21(27(7,8)22(28)31)18-11-15-20(16-12-18)30-24(33)26(4,5)6/h9-16,21H,1-8H3,(H2,28,31)(H,29,32)(H,30,33). The number of hydrogen-bond donors (Lipinski definition) is 3. The lowest BCUT2D eigenvalue weighted by atomic mass is 9.70. The molecule has 0 spiro atoms. The second-order valence-electron chi connectivity index (χ2n) is 11.2. The SMILES string of the molecule is CC(C)(C)C(=O)Nc1ccc(C(c2ccc(NC(=O)C(C)(C)C)cc2)C(C)(C)C(N)=O)cc1. The van der Waals surface area contributed by atoms with Gasteiger partial charge in [-0.15, -0.1) is 0 Å². The van der Waals surface area contributed by atoms with Crippen LogP contribution in [0.3, 0.4) is 0 Å². The highest BCUT2D eigenvalue weighted by Gasteiger charge is 2.37. The molecule has 0 atom stereocenters. The van der Waals surface area contributed by atoms with E-state index in [2.05, 4.69) is 10.6 Å². The lowest BCUT2D eigenvalue weighted by Gasteiger charge is -2.32. The van der Waals surface area contributed by atoms with Gasteiger partial charge in [0.25, 0.3) is 0 Å². The van der Waals surface area contributed by atoms with E-state index in [1.54, 1.807) is 0 Å². The molecule has 6 heteroatoms. The number of benzene rings is 2. The Labute approximate surface area is 197 Å². The predicted molar refractivity (Wildman–Crippen MR) is 134 cm³/mol. The van der Waals surface area contributed by atoms with Crippen LogP contribution in [0, 0.1) is 16.2 Å². The number of anilines is 2. The Balaban J connectivity index is 2.38. The number of rotatable bonds is 6. The molecule has 0 radical (unpaired) electrons. The molecule has 0 aliphatic rings. The lowest BCUT2D eigenvalue weighted by molar-refractivity contribution is -0.126. The molecule has 6 nitrogen and oxygen atoms in total. The predicted octanol–water partition coefficient (Wildman–Crippen LogP) is 5.30. The Morgan fingerprint density at radius 2 is 0.939 bits per heavy atom. The summed E-state index contributed by atoms with van der Waals surface area (Å²) in [4.78, 5) is 36.9. The molecule has 178 valence electrons. The second-order valence-corrected chi connectivity index (χ2v) is 11.2. The zero-order chi connectivity index (χ0) is 25.2. The van der Waals surface area contributed by atoms with Crippen LogP contribution in [-0.2, 0) is 14.4 Å². The molecule has 0 bridgehead atoms. The van der Waals surface area contributed by atoms with Crippen molar-refractivity contribution >= 4 is 29.1 Å². The van der Waals surface area contributed by atoms with Crippen molar-refractivity contribution in [3.8, 4) is 0 Å². The molecule has 0 aromatic heterocycles. The third kappa shape index (κ3) is 6.44. The maximum Gasteiger partial charge on any atom is 0.229 e. The maximum atomic E-state index is 12.4. The Hall–Kier alpha value is -3.15. The van der Waals surface area contributed by atoms with Crippen molar-refractivity contribution in [1.82, 2.24) is 0 Å². The Morgan fingerprint density at radius 3 is 1.18 bits per heavy atom. The summed E-state index contributed by atoms with van der Waals surface area (Å²) in [5, 5.41) is 5.83. The van der Waals surface area contributed by atoms with E-state index in [4.69, 9.17) is 5.73 Å². The van der Waals surface area contributed by atoms with Gasteiger partial charge < -0.3 is 16.4 Å². The van der Waals surface area contributed by atoms with Crippen LogP contribution < -0.4 is 16.4 Å². The molecule has 0 heterocycles. The van der Waals surface area contributed by atoms with Crippen molar-refractivity contribution in [2.75, 3.05) is 10.6 Å². The molecule has 2 rings (SSSR count). The molecular formula is C27H37N3O3. The number of carbonyl (C=O) groups excluding carboxylic acids is 3. The van der Waals surface area contributed by atoms with Gasteiger partial charge in [0.05, 0.1) is 5.41 Å². The van der Waals surface area contributed by atoms with E-state index in [1.165, 1.54) is 0 Å². The summed E-state index contributed by atoms with van der Waals surface area (Å²) < 4.78 is 0. The topological polar surface area (TPSA) is 101 Å². The summed E-state index contributed by atoms with van der Waals surface area (Å²) >= 11 is 0. The van der Waals surface area contributed by atoms with Crippen LogP contribution in [0.5, 0.6) is 0 Å². The monoisotopic (exact) mass is 451 g/mol. The smallest absolute Gasteiger partial charge is 0.229 e. The molecule has 0 saturated heterocycles. The van der Waals surface area contributed by atoms with Crippen molar-refractivity contribution in [2.24, 2.45) is 22.0 Å². The van der Waals surface area contributed by atoms with E-state index in [-0.39, 0.29) is 17.7 Å². The number of carbonyl (C=O) groups is 3. The van der Waals surface area contributed by atoms with Gasteiger partial charge in [0, 0.05) is 28.1 Å². The molecule has 0 aliphatic heterocycles. The summed E-state index contributed by atoms with van der Waals surface area (Å²) in [6.07, 6.45) is 0. The van der Waals surface area contributed by atoms with Crippen molar-refractivity contribution in [2.45, 2.75) is 61.3 Å². The number of primary amides is 1. The van der Waals surface area contributed by atoms with E-state index < -0.39 is 22.2 Å². The Bertz CT molecular complexity index is 937. The third-order valence-corrected chi connectivity index (χ3v) is 5.72. The van der Waals surface area contributed by atoms with Gasteiger partial charge in [-0.05, 0) is 35.4 Å². The largest absolute Gasteiger partial charge is 0.369 e. The minimum absolute atomic E-state index is 0.0721. The lowest BCUT2D eigenvalue weighted by Crippen LogP contribution is -2.37. The average molecular weight is 452 g/mol. The quantitative estimate of drug-likeness (QED) is 0.555. The highest BCUT2D eigenvalue weighted by molar-refractivity contribution is 5.95. The first-order valence-electron chi connectivity index (χ1n) is 11.2. The zero-order valence-electron chi connectivity index (χ0n) is 21.0. The highest BCUT2D eigenvalue weighted by atomic mass is 16.2. The van der Waals surface area contributed by atoms with Crippen molar-refractivity contribution in [3.05, 3.63) is 59.7 Å². The summed E-state index contributed by atoms with van der Waals surface area (Å²) in [5.74, 6) is -0.869. The van der Waals surface area contributed by atoms with Gasteiger partial charge in [0.15, 0.2) is 0 Å². The van der Waals surface area contributed by atoms with E-state index in [9.17, 15) is 14.4 Å². The molecular weight excluding hydrogens is 414 g/mol. The molecule has 0 aliphatic carbocycles. The number of nitrogens with two attached hydrogens (primary N) is 1. The number of amides is 3. The van der Waals surface area contributed by atoms with Gasteiger partial charge in [0.1, 0.15) is 0 Å². The van der Waals surface area contributed by atoms with Gasteiger partial charge >= 0.3 is 0 Å². The van der Waals surface area contributed by atoms with E-state index in [0.29, 0.717) is 11.4 Å². The molecule has 0 saturated carbocycles. The fourth-order valence-corrected chi connectivity index (χ4v) is 3.32. The number of nitrogens with one attached hydrogen (secondary N) is 2. The van der Waals surface area contributed by atoms with E-state index >= 15 is 0 Å². The molecule has 2 aromatic carbocycles. The molecule has 0 fully saturated rings. The van der Waals surface area contributed by atoms with Crippen molar-refractivity contribution in [3.63, 3.8) is 0 Å². The Kier molecular flexibility index (Phi) is 7.42. The van der Waals surface area contributed by atoms with Gasteiger partial charge in [-0.25, -0.2) is 0 Å². The first kappa shape index (κ1) is 26.1. The number of hydrogen-bond acceptors (Lipinski definition) is 3. The van der Waals surface area contributed by atoms with Crippen LogP contribution >= 0.6 is 0 Å². The van der Waals surface area contributed by atoms with Crippen LogP contribution in [0.15, 0.2) is 48.5 Å². The molecule has 3 amide bonds. The zero-order valence-corrected chi connectivity index (χ0v) is 21.0. The van der Waals surface area contributed by atoms with Crippen molar-refractivity contribution < 1.29 is 14.4 Å². The van der Waals surface area contributed by atoms with Gasteiger partial charge in [-0.2, -0.15) is 0 Å². The molecule has 4 N–H and O–H groups in total. The van der Waals surface area contributed by atoms with Gasteiger partial charge in [0.2, 0.25) is 17.7 Å². The third-order valence-electron chi connectivity index (χ3n) is 5.72. The molecule has 33 heavy (non-hydrogen) atoms. The minimum atomic E-state index is -0.869. The summed E-state index contributed by atoms with van der Waals surface area (Å²) in [6, 6.07) is 15.0. The van der Waals surface area contributed by atoms with Crippen LogP contribution in [0.1, 0.15) is 72.4 Å².